The molecule has 2 aliphatic heterocycles. The minimum atomic E-state index is -0.192. The minimum Gasteiger partial charge on any atom is -0.340 e. The van der Waals surface area contributed by atoms with Gasteiger partial charge in [-0.3, -0.25) is 14.3 Å². The number of nitrogens with two attached hydrogens (primary N) is 1. The van der Waals surface area contributed by atoms with Gasteiger partial charge in [0.05, 0.1) is 29.3 Å². The number of piperidine rings is 1. The molecule has 1 unspecified atom stereocenters. The van der Waals surface area contributed by atoms with Crippen molar-refractivity contribution in [2.75, 3.05) is 18.0 Å². The topological polar surface area (TPSA) is 107 Å². The molecule has 5 heterocycles. The van der Waals surface area contributed by atoms with Crippen molar-refractivity contribution in [3.63, 3.8) is 0 Å². The van der Waals surface area contributed by atoms with Crippen LogP contribution in [-0.2, 0) is 13.0 Å². The van der Waals surface area contributed by atoms with E-state index in [0.29, 0.717) is 29.7 Å². The summed E-state index contributed by atoms with van der Waals surface area (Å²) in [5, 5.41) is 4.71. The van der Waals surface area contributed by atoms with Crippen molar-refractivity contribution in [2.45, 2.75) is 52.1 Å². The lowest BCUT2D eigenvalue weighted by atomic mass is 10.00. The average Bonchev–Trinajstić information content (AvgIpc) is 3.23. The fourth-order valence-corrected chi connectivity index (χ4v) is 5.42. The Labute approximate surface area is 221 Å². The molecule has 0 aliphatic carbocycles. The van der Waals surface area contributed by atoms with Gasteiger partial charge in [0.1, 0.15) is 11.0 Å². The van der Waals surface area contributed by atoms with Gasteiger partial charge in [-0.2, -0.15) is 5.10 Å². The summed E-state index contributed by atoms with van der Waals surface area (Å²) < 4.78 is 3.45. The zero-order chi connectivity index (χ0) is 26.2. The van der Waals surface area contributed by atoms with Gasteiger partial charge in [-0.05, 0) is 43.9 Å². The number of benzene rings is 1. The van der Waals surface area contributed by atoms with Crippen molar-refractivity contribution in [2.24, 2.45) is 10.7 Å². The van der Waals surface area contributed by atoms with E-state index in [2.05, 4.69) is 28.9 Å². The van der Waals surface area contributed by atoms with Crippen LogP contribution >= 0.6 is 0 Å². The van der Waals surface area contributed by atoms with Crippen LogP contribution in [0.5, 0.6) is 0 Å². The third kappa shape index (κ3) is 4.32. The van der Waals surface area contributed by atoms with Crippen molar-refractivity contribution in [1.29, 1.82) is 0 Å². The van der Waals surface area contributed by atoms with E-state index in [1.165, 1.54) is 4.68 Å². The lowest BCUT2D eigenvalue weighted by Gasteiger charge is -2.31. The van der Waals surface area contributed by atoms with Crippen LogP contribution in [0.2, 0.25) is 0 Å². The first-order valence-corrected chi connectivity index (χ1v) is 13.3. The first-order chi connectivity index (χ1) is 18.5. The zero-order valence-corrected chi connectivity index (χ0v) is 21.8. The molecular weight excluding hydrogens is 476 g/mol. The molecule has 2 N–H and O–H groups in total. The fraction of sp³-hybridized carbons (Fsp3) is 0.345. The van der Waals surface area contributed by atoms with Crippen molar-refractivity contribution < 1.29 is 0 Å². The van der Waals surface area contributed by atoms with Crippen LogP contribution in [0.4, 0.5) is 11.6 Å². The largest absolute Gasteiger partial charge is 0.340 e. The Morgan fingerprint density at radius 2 is 2.05 bits per heavy atom. The van der Waals surface area contributed by atoms with Crippen LogP contribution in [-0.4, -0.2) is 49.2 Å². The second kappa shape index (κ2) is 9.98. The number of anilines is 1. The molecule has 6 rings (SSSR count). The lowest BCUT2D eigenvalue weighted by molar-refractivity contribution is 0.499. The predicted molar refractivity (Wildman–Crippen MR) is 151 cm³/mol. The Hall–Kier alpha value is -4.11. The SMILES string of the molecule is CC/C=C/n1c(N2CCCC(N)C2)nc2c(C)nn(CC3=Nc4cccnc4Cc4ccccc43)c(=O)c21. The molecule has 0 amide bonds. The first-order valence-electron chi connectivity index (χ1n) is 13.3. The maximum absolute atomic E-state index is 14.0. The highest BCUT2D eigenvalue weighted by atomic mass is 16.1. The lowest BCUT2D eigenvalue weighted by Crippen LogP contribution is -2.43. The molecule has 2 aliphatic rings. The number of allylic oxidation sites excluding steroid dienone is 1. The van der Waals surface area contributed by atoms with E-state index in [9.17, 15) is 4.79 Å². The monoisotopic (exact) mass is 508 g/mol. The summed E-state index contributed by atoms with van der Waals surface area (Å²) >= 11 is 0. The average molecular weight is 509 g/mol. The summed E-state index contributed by atoms with van der Waals surface area (Å²) in [6, 6.07) is 12.1. The molecule has 9 heteroatoms. The van der Waals surface area contributed by atoms with Gasteiger partial charge in [-0.15, -0.1) is 0 Å². The van der Waals surface area contributed by atoms with Crippen molar-refractivity contribution >= 4 is 34.6 Å². The number of imidazole rings is 1. The number of hydrogen-bond acceptors (Lipinski definition) is 7. The number of fused-ring (bicyclic) bond motifs is 3. The summed E-state index contributed by atoms with van der Waals surface area (Å²) in [4.78, 5) is 30.7. The van der Waals surface area contributed by atoms with Gasteiger partial charge in [0, 0.05) is 43.5 Å². The van der Waals surface area contributed by atoms with E-state index in [0.717, 1.165) is 60.0 Å². The highest BCUT2D eigenvalue weighted by Crippen LogP contribution is 2.28. The molecule has 38 heavy (non-hydrogen) atoms. The quantitative estimate of drug-likeness (QED) is 0.439. The van der Waals surface area contributed by atoms with Crippen LogP contribution in [0.3, 0.4) is 0 Å². The smallest absolute Gasteiger partial charge is 0.293 e. The zero-order valence-electron chi connectivity index (χ0n) is 21.8. The molecule has 1 aromatic carbocycles. The van der Waals surface area contributed by atoms with Crippen LogP contribution in [0.15, 0.2) is 58.5 Å². The first kappa shape index (κ1) is 24.2. The number of aryl methyl sites for hydroxylation is 1. The van der Waals surface area contributed by atoms with Gasteiger partial charge in [0.25, 0.3) is 5.56 Å². The van der Waals surface area contributed by atoms with E-state index in [1.807, 2.05) is 48.0 Å². The van der Waals surface area contributed by atoms with E-state index in [1.54, 1.807) is 6.20 Å². The van der Waals surface area contributed by atoms with E-state index < -0.39 is 0 Å². The van der Waals surface area contributed by atoms with Gasteiger partial charge in [0.2, 0.25) is 5.95 Å². The summed E-state index contributed by atoms with van der Waals surface area (Å²) in [6.07, 6.45) is 9.33. The number of hydrogen-bond donors (Lipinski definition) is 1. The fourth-order valence-electron chi connectivity index (χ4n) is 5.42. The maximum atomic E-state index is 14.0. The molecule has 0 saturated carbocycles. The Balaban J connectivity index is 1.50. The molecule has 1 atom stereocenters. The number of pyridine rings is 1. The van der Waals surface area contributed by atoms with E-state index in [4.69, 9.17) is 20.8 Å². The molecule has 3 aromatic heterocycles. The maximum Gasteiger partial charge on any atom is 0.293 e. The van der Waals surface area contributed by atoms with Crippen molar-refractivity contribution in [3.05, 3.63) is 81.5 Å². The van der Waals surface area contributed by atoms with Crippen LogP contribution in [0.1, 0.15) is 48.7 Å². The molecule has 194 valence electrons. The molecule has 0 spiro atoms. The summed E-state index contributed by atoms with van der Waals surface area (Å²) in [5.41, 5.74) is 12.6. The minimum absolute atomic E-state index is 0.0914. The second-order valence-electron chi connectivity index (χ2n) is 10.0. The summed E-state index contributed by atoms with van der Waals surface area (Å²) in [6.45, 7) is 5.80. The molecular formula is C29H32N8O. The molecule has 1 fully saturated rings. The Kier molecular flexibility index (Phi) is 6.37. The van der Waals surface area contributed by atoms with Gasteiger partial charge in [-0.25, -0.2) is 14.7 Å². The summed E-state index contributed by atoms with van der Waals surface area (Å²) in [7, 11) is 0. The highest BCUT2D eigenvalue weighted by Gasteiger charge is 2.26. The van der Waals surface area contributed by atoms with Gasteiger partial charge < -0.3 is 10.6 Å². The van der Waals surface area contributed by atoms with Crippen LogP contribution < -0.4 is 16.2 Å². The van der Waals surface area contributed by atoms with Crippen LogP contribution in [0.25, 0.3) is 17.2 Å². The number of nitrogens with zero attached hydrogens (tertiary/aromatic N) is 7. The number of aliphatic imine (C=N–C) groups is 1. The Morgan fingerprint density at radius 3 is 2.89 bits per heavy atom. The van der Waals surface area contributed by atoms with Crippen molar-refractivity contribution in [3.8, 4) is 0 Å². The molecule has 1 saturated heterocycles. The third-order valence-corrected chi connectivity index (χ3v) is 7.28. The van der Waals surface area contributed by atoms with Gasteiger partial charge in [0.15, 0.2) is 0 Å². The summed E-state index contributed by atoms with van der Waals surface area (Å²) in [5.74, 6) is 0.747. The molecule has 4 aromatic rings. The predicted octanol–water partition coefficient (Wildman–Crippen LogP) is 3.83. The number of rotatable bonds is 5. The molecule has 0 radical (unpaired) electrons. The van der Waals surface area contributed by atoms with Crippen molar-refractivity contribution in [1.82, 2.24) is 24.3 Å². The molecule has 9 nitrogen and oxygen atoms in total. The Bertz CT molecular complexity index is 1630. The standard InChI is InChI=1S/C29H32N8O/c1-3-4-15-36-27-26(33-29(36)35-14-8-10-21(30)17-35)19(2)34-37(28(27)38)18-25-22-11-6-5-9-20(22)16-24-23(32-25)12-7-13-31-24/h4-7,9,11-13,15,21H,3,8,10,14,16-18,30H2,1-2H3/b15-4+. The van der Waals surface area contributed by atoms with Crippen LogP contribution in [0, 0.1) is 6.92 Å². The van der Waals surface area contributed by atoms with E-state index in [-0.39, 0.29) is 18.1 Å². The van der Waals surface area contributed by atoms with Gasteiger partial charge >= 0.3 is 0 Å². The van der Waals surface area contributed by atoms with Gasteiger partial charge in [-0.1, -0.05) is 37.3 Å². The molecule has 0 bridgehead atoms. The Morgan fingerprint density at radius 1 is 1.18 bits per heavy atom. The normalized spacial score (nSPS) is 17.4. The highest BCUT2D eigenvalue weighted by molar-refractivity contribution is 6.04. The van der Waals surface area contributed by atoms with E-state index >= 15 is 0 Å². The second-order valence-corrected chi connectivity index (χ2v) is 10.0. The third-order valence-electron chi connectivity index (χ3n) is 7.28. The number of aromatic nitrogens is 5.